The van der Waals surface area contributed by atoms with Crippen molar-refractivity contribution in [1.29, 1.82) is 0 Å². The molecule has 0 saturated heterocycles. The Labute approximate surface area is 129 Å². The summed E-state index contributed by atoms with van der Waals surface area (Å²) in [6, 6.07) is 1.70. The zero-order valence-corrected chi connectivity index (χ0v) is 13.1. The van der Waals surface area contributed by atoms with Crippen LogP contribution in [0.1, 0.15) is 54.6 Å². The molecule has 22 heavy (non-hydrogen) atoms. The van der Waals surface area contributed by atoms with E-state index in [9.17, 15) is 23.4 Å². The minimum atomic E-state index is -4.13. The third-order valence-corrected chi connectivity index (χ3v) is 4.86. The molecule has 0 aromatic carbocycles. The summed E-state index contributed by atoms with van der Waals surface area (Å²) in [6.45, 7) is 1.65. The molecule has 1 fully saturated rings. The van der Waals surface area contributed by atoms with Crippen molar-refractivity contribution < 1.29 is 23.4 Å². The van der Waals surface area contributed by atoms with E-state index in [4.69, 9.17) is 5.14 Å². The molecule has 0 spiro atoms. The highest BCUT2D eigenvalue weighted by atomic mass is 32.2. The van der Waals surface area contributed by atoms with Crippen LogP contribution in [0.3, 0.4) is 0 Å². The summed E-state index contributed by atoms with van der Waals surface area (Å²) >= 11 is 0. The second-order valence-electron chi connectivity index (χ2n) is 5.66. The number of aromatic nitrogens is 1. The Hall–Kier alpha value is -1.42. The fraction of sp³-hybridized carbons (Fsp3) is 0.615. The van der Waals surface area contributed by atoms with Gasteiger partial charge in [0.15, 0.2) is 0 Å². The molecule has 0 radical (unpaired) electrons. The van der Waals surface area contributed by atoms with E-state index in [0.717, 1.165) is 25.7 Å². The number of carboxylic acids is 1. The van der Waals surface area contributed by atoms with E-state index in [1.165, 1.54) is 12.3 Å². The Kier molecular flexibility index (Phi) is 4.90. The van der Waals surface area contributed by atoms with Gasteiger partial charge in [-0.2, -0.15) is 8.42 Å². The Morgan fingerprint density at radius 3 is 2.45 bits per heavy atom. The molecule has 1 aliphatic carbocycles. The van der Waals surface area contributed by atoms with Crippen LogP contribution in [0.2, 0.25) is 0 Å². The average molecular weight is 331 g/mol. The number of rotatable bonds is 5. The lowest BCUT2D eigenvalue weighted by Crippen LogP contribution is -2.38. The van der Waals surface area contributed by atoms with E-state index in [1.807, 2.05) is 0 Å². The first-order chi connectivity index (χ1) is 10.2. The van der Waals surface area contributed by atoms with Crippen molar-refractivity contribution in [3.8, 4) is 0 Å². The monoisotopic (exact) mass is 331 g/mol. The second-order valence-corrected chi connectivity index (χ2v) is 7.08. The maximum atomic E-state index is 11.5. The van der Waals surface area contributed by atoms with Gasteiger partial charge in [0.25, 0.3) is 0 Å². The molecule has 8 nitrogen and oxygen atoms in total. The van der Waals surface area contributed by atoms with Gasteiger partial charge in [-0.15, -0.1) is 0 Å². The highest BCUT2D eigenvalue weighted by Crippen LogP contribution is 2.35. The van der Waals surface area contributed by atoms with E-state index in [2.05, 4.69) is 5.32 Å². The molecule has 1 heterocycles. The largest absolute Gasteiger partial charge is 0.477 e. The van der Waals surface area contributed by atoms with Gasteiger partial charge in [-0.05, 0) is 50.2 Å². The summed E-state index contributed by atoms with van der Waals surface area (Å²) in [5.74, 6) is -1.33. The highest BCUT2D eigenvalue weighted by Gasteiger charge is 2.30. The number of carboxylic acid groups (broad SMARTS) is 1. The molecule has 0 aliphatic heterocycles. The fourth-order valence-electron chi connectivity index (χ4n) is 3.10. The molecule has 1 aromatic heterocycles. The lowest BCUT2D eigenvalue weighted by molar-refractivity contribution is 0.0687. The van der Waals surface area contributed by atoms with Crippen LogP contribution in [0.25, 0.3) is 0 Å². The van der Waals surface area contributed by atoms with Gasteiger partial charge in [0.1, 0.15) is 11.9 Å². The van der Waals surface area contributed by atoms with Crippen molar-refractivity contribution in [3.63, 3.8) is 0 Å². The summed E-state index contributed by atoms with van der Waals surface area (Å²) in [7, 11) is -4.13. The lowest BCUT2D eigenvalue weighted by atomic mass is 9.81. The van der Waals surface area contributed by atoms with E-state index < -0.39 is 22.4 Å². The first kappa shape index (κ1) is 16.9. The van der Waals surface area contributed by atoms with Crippen molar-refractivity contribution in [3.05, 3.63) is 23.5 Å². The molecule has 124 valence electrons. The number of nitrogens with zero attached hydrogens (tertiary/aromatic N) is 1. The van der Waals surface area contributed by atoms with E-state index in [1.54, 1.807) is 6.92 Å². The maximum Gasteiger partial charge on any atom is 0.353 e. The van der Waals surface area contributed by atoms with Crippen LogP contribution in [0.4, 0.5) is 0 Å². The van der Waals surface area contributed by atoms with Crippen LogP contribution in [-0.2, 0) is 10.2 Å². The Bertz CT molecular complexity index is 645. The van der Waals surface area contributed by atoms with E-state index in [0.29, 0.717) is 9.54 Å². The summed E-state index contributed by atoms with van der Waals surface area (Å²) in [5, 5.41) is 26.7. The third-order valence-electron chi connectivity index (χ3n) is 4.00. The van der Waals surface area contributed by atoms with Crippen LogP contribution in [0.5, 0.6) is 0 Å². The number of aliphatic hydroxyl groups is 1. The topological polar surface area (TPSA) is 135 Å². The minimum Gasteiger partial charge on any atom is -0.477 e. The Morgan fingerprint density at radius 1 is 1.41 bits per heavy atom. The minimum absolute atomic E-state index is 0.0267. The van der Waals surface area contributed by atoms with Crippen molar-refractivity contribution in [2.45, 2.75) is 50.8 Å². The zero-order valence-electron chi connectivity index (χ0n) is 12.3. The molecule has 0 amide bonds. The number of hydrogen-bond acceptors (Lipinski definition) is 5. The van der Waals surface area contributed by atoms with Crippen LogP contribution < -0.4 is 10.5 Å². The van der Waals surface area contributed by atoms with Crippen molar-refractivity contribution in [1.82, 2.24) is 9.29 Å². The molecular weight excluding hydrogens is 310 g/mol. The van der Waals surface area contributed by atoms with Gasteiger partial charge >= 0.3 is 16.2 Å². The van der Waals surface area contributed by atoms with Crippen LogP contribution >= 0.6 is 0 Å². The van der Waals surface area contributed by atoms with Crippen LogP contribution in [-0.4, -0.2) is 40.8 Å². The quantitative estimate of drug-likeness (QED) is 0.569. The molecule has 1 aliphatic rings. The number of nitrogens with one attached hydrogen (secondary N) is 1. The molecule has 0 bridgehead atoms. The van der Waals surface area contributed by atoms with Gasteiger partial charge in [-0.3, -0.25) is 5.32 Å². The second kappa shape index (κ2) is 6.37. The Morgan fingerprint density at radius 2 is 2.00 bits per heavy atom. The van der Waals surface area contributed by atoms with Crippen molar-refractivity contribution in [2.75, 3.05) is 0 Å². The molecule has 9 heteroatoms. The molecule has 1 atom stereocenters. The van der Waals surface area contributed by atoms with E-state index >= 15 is 0 Å². The van der Waals surface area contributed by atoms with Gasteiger partial charge in [-0.1, -0.05) is 0 Å². The summed E-state index contributed by atoms with van der Waals surface area (Å²) in [5.41, 5.74) is 0.214. The smallest absolute Gasteiger partial charge is 0.353 e. The molecule has 2 rings (SSSR count). The highest BCUT2D eigenvalue weighted by molar-refractivity contribution is 7.87. The standard InChI is InChI=1S/C13H21N3O5S/c1-8(17)15-10-4-2-9(3-5-10)11-6-7-16(22(14,20)21)12(11)13(18)19/h6-10,15,17H,2-5H2,1H3,(H,18,19)(H2,14,20,21). The molecule has 1 unspecified atom stereocenters. The number of aliphatic hydroxyl groups excluding tert-OH is 1. The van der Waals surface area contributed by atoms with Gasteiger partial charge in [0.05, 0.1) is 0 Å². The van der Waals surface area contributed by atoms with Crippen LogP contribution in [0, 0.1) is 0 Å². The van der Waals surface area contributed by atoms with E-state index in [-0.39, 0.29) is 17.7 Å². The summed E-state index contributed by atoms with van der Waals surface area (Å²) < 4.78 is 23.6. The summed E-state index contributed by atoms with van der Waals surface area (Å²) in [6.07, 6.45) is 3.62. The van der Waals surface area contributed by atoms with Crippen molar-refractivity contribution in [2.24, 2.45) is 5.14 Å². The van der Waals surface area contributed by atoms with Gasteiger partial charge in [0.2, 0.25) is 0 Å². The molecule has 5 N–H and O–H groups in total. The third kappa shape index (κ3) is 3.67. The van der Waals surface area contributed by atoms with Crippen molar-refractivity contribution >= 4 is 16.2 Å². The fourth-order valence-corrected chi connectivity index (χ4v) is 3.77. The van der Waals surface area contributed by atoms with Crippen LogP contribution in [0.15, 0.2) is 12.3 Å². The Balaban J connectivity index is 2.21. The normalized spacial score (nSPS) is 24.1. The number of hydrogen-bond donors (Lipinski definition) is 4. The average Bonchev–Trinajstić information content (AvgIpc) is 2.83. The number of aromatic carboxylic acids is 1. The first-order valence-corrected chi connectivity index (χ1v) is 8.62. The van der Waals surface area contributed by atoms with Gasteiger partial charge < -0.3 is 10.2 Å². The first-order valence-electron chi connectivity index (χ1n) is 7.12. The lowest BCUT2D eigenvalue weighted by Gasteiger charge is -2.30. The maximum absolute atomic E-state index is 11.5. The number of carbonyl (C=O) groups is 1. The number of nitrogens with two attached hydrogens (primary N) is 1. The summed E-state index contributed by atoms with van der Waals surface area (Å²) in [4.78, 5) is 11.4. The molecule has 1 saturated carbocycles. The predicted molar refractivity (Wildman–Crippen MR) is 79.7 cm³/mol. The molecular formula is C13H21N3O5S. The SMILES string of the molecule is CC(O)NC1CCC(c2ccn(S(N)(=O)=O)c2C(=O)O)CC1. The van der Waals surface area contributed by atoms with Gasteiger partial charge in [0, 0.05) is 12.2 Å². The molecule has 1 aromatic rings. The van der Waals surface area contributed by atoms with Gasteiger partial charge in [-0.25, -0.2) is 13.9 Å². The predicted octanol–water partition coefficient (Wildman–Crippen LogP) is 0.192. The zero-order chi connectivity index (χ0) is 16.5.